The number of nitrogens with two attached hydrogens (primary N) is 1. The number of aliphatic carboxylic acids is 3. The van der Waals surface area contributed by atoms with Crippen LogP contribution in [0.1, 0.15) is 12.8 Å². The number of carboxylic acids is 3. The average molecular weight is 259 g/mol. The van der Waals surface area contributed by atoms with Gasteiger partial charge in [-0.25, -0.2) is 4.79 Å². The van der Waals surface area contributed by atoms with Crippen molar-refractivity contribution in [1.82, 2.24) is 0 Å². The fourth-order valence-corrected chi connectivity index (χ4v) is 0.714. The van der Waals surface area contributed by atoms with Gasteiger partial charge in [0.2, 0.25) is 0 Å². The second-order valence-corrected chi connectivity index (χ2v) is 2.48. The number of hydrogen-bond donors (Lipinski definition) is 4. The monoisotopic (exact) mass is 259 g/mol. The van der Waals surface area contributed by atoms with Crippen molar-refractivity contribution in [2.24, 2.45) is 0 Å². The predicted octanol–water partition coefficient (Wildman–Crippen LogP) is -0.534. The first-order valence-corrected chi connectivity index (χ1v) is 3.17. The van der Waals surface area contributed by atoms with Crippen LogP contribution in [0, 0.1) is 0 Å². The zero-order valence-corrected chi connectivity index (χ0v) is 8.85. The van der Waals surface area contributed by atoms with Crippen molar-refractivity contribution in [3.05, 3.63) is 6.15 Å². The van der Waals surface area contributed by atoms with E-state index in [1.54, 1.807) is 0 Å². The van der Waals surface area contributed by atoms with Crippen molar-refractivity contribution in [1.29, 1.82) is 0 Å². The number of carbonyl (C=O) groups is 3. The Bertz CT molecular complexity index is 238. The third-order valence-corrected chi connectivity index (χ3v) is 1.29. The molecule has 0 bridgehead atoms. The quantitative estimate of drug-likeness (QED) is 0.514. The molecular formula is C6H10NO7V-. The second kappa shape index (κ2) is 7.24. The molecule has 0 amide bonds. The van der Waals surface area contributed by atoms with E-state index in [4.69, 9.17) is 20.4 Å². The van der Waals surface area contributed by atoms with Gasteiger partial charge in [0.05, 0.1) is 12.8 Å². The van der Waals surface area contributed by atoms with Crippen LogP contribution in [0.25, 0.3) is 6.15 Å². The Hall–Kier alpha value is -1.09. The molecule has 0 rings (SSSR count). The fraction of sp³-hybridized carbons (Fsp3) is 0.500. The Morgan fingerprint density at radius 3 is 1.33 bits per heavy atom. The van der Waals surface area contributed by atoms with Crippen molar-refractivity contribution in [3.63, 3.8) is 0 Å². The third-order valence-electron chi connectivity index (χ3n) is 1.29. The molecule has 0 aliphatic carbocycles. The van der Waals surface area contributed by atoms with Gasteiger partial charge in [0.15, 0.2) is 5.60 Å². The average Bonchev–Trinajstić information content (AvgIpc) is 1.82. The van der Waals surface area contributed by atoms with Gasteiger partial charge in [-0.05, 0) is 0 Å². The first kappa shape index (κ1) is 19.5. The Balaban J connectivity index is -0.000000720. The van der Waals surface area contributed by atoms with Crippen LogP contribution >= 0.6 is 0 Å². The molecule has 0 aromatic carbocycles. The molecule has 1 radical (unpaired) electrons. The molecule has 0 unspecified atom stereocenters. The van der Waals surface area contributed by atoms with Crippen molar-refractivity contribution >= 4 is 17.9 Å². The van der Waals surface area contributed by atoms with E-state index >= 15 is 0 Å². The van der Waals surface area contributed by atoms with Gasteiger partial charge in [-0.1, -0.05) is 0 Å². The Labute approximate surface area is 96.4 Å². The molecule has 0 aromatic heterocycles. The van der Waals surface area contributed by atoms with Crippen LogP contribution in [0.4, 0.5) is 0 Å². The van der Waals surface area contributed by atoms with E-state index in [2.05, 4.69) is 0 Å². The summed E-state index contributed by atoms with van der Waals surface area (Å²) < 4.78 is 0. The molecule has 87 valence electrons. The van der Waals surface area contributed by atoms with Crippen LogP contribution in [-0.2, 0) is 32.9 Å². The fourth-order valence-electron chi connectivity index (χ4n) is 0.714. The van der Waals surface area contributed by atoms with Gasteiger partial charge in [0, 0.05) is 18.6 Å². The predicted molar refractivity (Wildman–Crippen MR) is 42.4 cm³/mol. The maximum absolute atomic E-state index is 10.3. The van der Waals surface area contributed by atoms with Crippen LogP contribution in [0.2, 0.25) is 0 Å². The van der Waals surface area contributed by atoms with Crippen LogP contribution < -0.4 is 0 Å². The number of carboxylic acid groups (broad SMARTS) is 3. The molecule has 0 spiro atoms. The maximum Gasteiger partial charge on any atom is 0.336 e. The summed E-state index contributed by atoms with van der Waals surface area (Å²) in [6.45, 7) is 0. The molecule has 0 aliphatic heterocycles. The van der Waals surface area contributed by atoms with Gasteiger partial charge in [-0.15, -0.1) is 0 Å². The Morgan fingerprint density at radius 1 is 0.933 bits per heavy atom. The normalized spacial score (nSPS) is 9.40. The van der Waals surface area contributed by atoms with E-state index in [0.29, 0.717) is 0 Å². The van der Waals surface area contributed by atoms with Crippen LogP contribution in [-0.4, -0.2) is 43.9 Å². The number of hydrogen-bond acceptors (Lipinski definition) is 4. The van der Waals surface area contributed by atoms with Gasteiger partial charge in [-0.2, -0.15) is 0 Å². The Kier molecular flexibility index (Phi) is 9.40. The first-order chi connectivity index (χ1) is 5.78. The molecule has 0 saturated heterocycles. The third kappa shape index (κ3) is 6.92. The minimum absolute atomic E-state index is 0. The van der Waals surface area contributed by atoms with Crippen LogP contribution in [0.3, 0.4) is 0 Å². The van der Waals surface area contributed by atoms with Crippen molar-refractivity contribution in [3.8, 4) is 0 Å². The van der Waals surface area contributed by atoms with Crippen molar-refractivity contribution < 1.29 is 53.4 Å². The van der Waals surface area contributed by atoms with E-state index in [9.17, 15) is 14.4 Å². The minimum Gasteiger partial charge on any atom is -0.693 e. The molecular weight excluding hydrogens is 249 g/mol. The van der Waals surface area contributed by atoms with Crippen LogP contribution in [0.5, 0.6) is 0 Å². The molecule has 0 heterocycles. The standard InChI is InChI=1S/C6H8O7.H2N.V/c7-3(8)1-6(13,5(11)12)2-4(9)10;;/h13H,1-2H2,(H,7,8)(H,9,10)(H,11,12);1H2;/q;-1;. The molecule has 6 N–H and O–H groups in total. The molecule has 0 atom stereocenters. The van der Waals surface area contributed by atoms with Gasteiger partial charge in [0.25, 0.3) is 0 Å². The summed E-state index contributed by atoms with van der Waals surface area (Å²) in [5, 5.41) is 33.8. The van der Waals surface area contributed by atoms with E-state index in [0.717, 1.165) is 0 Å². The number of rotatable bonds is 5. The molecule has 0 aromatic rings. The molecule has 0 saturated carbocycles. The first-order valence-electron chi connectivity index (χ1n) is 3.17. The summed E-state index contributed by atoms with van der Waals surface area (Å²) in [7, 11) is 0. The summed E-state index contributed by atoms with van der Waals surface area (Å²) in [6.07, 6.45) is -2.29. The van der Waals surface area contributed by atoms with Gasteiger partial charge in [-0.3, -0.25) is 9.59 Å². The maximum atomic E-state index is 10.3. The zero-order chi connectivity index (χ0) is 10.6. The number of aliphatic hydroxyl groups is 1. The largest absolute Gasteiger partial charge is 0.693 e. The Morgan fingerprint density at radius 2 is 1.20 bits per heavy atom. The van der Waals surface area contributed by atoms with E-state index < -0.39 is 36.4 Å². The summed E-state index contributed by atoms with van der Waals surface area (Å²) in [6, 6.07) is 0. The summed E-state index contributed by atoms with van der Waals surface area (Å²) >= 11 is 0. The van der Waals surface area contributed by atoms with Crippen LogP contribution in [0.15, 0.2) is 0 Å². The molecule has 0 fully saturated rings. The van der Waals surface area contributed by atoms with Gasteiger partial charge in [0.1, 0.15) is 0 Å². The zero-order valence-electron chi connectivity index (χ0n) is 7.45. The topological polar surface area (TPSA) is 166 Å². The van der Waals surface area contributed by atoms with E-state index in [1.807, 2.05) is 0 Å². The molecule has 8 nitrogen and oxygen atoms in total. The van der Waals surface area contributed by atoms with Gasteiger partial charge >= 0.3 is 17.9 Å². The van der Waals surface area contributed by atoms with Crippen molar-refractivity contribution in [2.45, 2.75) is 18.4 Å². The summed E-state index contributed by atoms with van der Waals surface area (Å²) in [5.41, 5.74) is -2.74. The SMILES string of the molecule is O=C(O)CC(O)(CC(=O)O)C(=O)O.[NH2-].[V]. The molecule has 15 heavy (non-hydrogen) atoms. The molecule has 0 aliphatic rings. The van der Waals surface area contributed by atoms with E-state index in [1.165, 1.54) is 0 Å². The second-order valence-electron chi connectivity index (χ2n) is 2.48. The van der Waals surface area contributed by atoms with E-state index in [-0.39, 0.29) is 24.7 Å². The van der Waals surface area contributed by atoms with Gasteiger partial charge < -0.3 is 26.6 Å². The minimum atomic E-state index is -2.74. The molecule has 9 heteroatoms. The summed E-state index contributed by atoms with van der Waals surface area (Å²) in [5.74, 6) is -5.02. The smallest absolute Gasteiger partial charge is 0.336 e. The van der Waals surface area contributed by atoms with Crippen molar-refractivity contribution in [2.75, 3.05) is 0 Å². The summed E-state index contributed by atoms with van der Waals surface area (Å²) in [4.78, 5) is 30.5.